The Morgan fingerprint density at radius 3 is 0.882 bits per heavy atom. The van der Waals surface area contributed by atoms with Crippen LogP contribution >= 0.6 is 0 Å². The third-order valence-electron chi connectivity index (χ3n) is 8.27. The average molecular weight is 497 g/mol. The van der Waals surface area contributed by atoms with Gasteiger partial charge in [0.25, 0.3) is 0 Å². The van der Waals surface area contributed by atoms with Crippen LogP contribution in [-0.4, -0.2) is 14.9 Å². The van der Waals surface area contributed by atoms with Crippen molar-refractivity contribution in [2.24, 2.45) is 0 Å². The molecule has 0 heterocycles. The first-order valence-corrected chi connectivity index (χ1v) is 18.9. The molecule has 0 saturated heterocycles. The van der Waals surface area contributed by atoms with E-state index in [0.717, 1.165) is 6.61 Å². The predicted octanol–water partition coefficient (Wildman–Crippen LogP) is 12.4. The van der Waals surface area contributed by atoms with Crippen molar-refractivity contribution >= 4 is 8.32 Å². The van der Waals surface area contributed by atoms with Crippen LogP contribution in [0.25, 0.3) is 0 Å². The molecule has 206 valence electrons. The van der Waals surface area contributed by atoms with Crippen LogP contribution in [0.5, 0.6) is 0 Å². The monoisotopic (exact) mass is 497 g/mol. The molecule has 0 spiro atoms. The molecule has 0 aromatic heterocycles. The Bertz CT molecular complexity index is 398. The highest BCUT2D eigenvalue weighted by Crippen LogP contribution is 2.36. The van der Waals surface area contributed by atoms with Crippen molar-refractivity contribution in [1.29, 1.82) is 0 Å². The highest BCUT2D eigenvalue weighted by Gasteiger charge is 2.36. The third-order valence-corrected chi connectivity index (χ3v) is 12.8. The molecule has 2 heteroatoms. The van der Waals surface area contributed by atoms with Crippen LogP contribution in [0.4, 0.5) is 0 Å². The van der Waals surface area contributed by atoms with E-state index in [-0.39, 0.29) is 0 Å². The van der Waals surface area contributed by atoms with Crippen LogP contribution < -0.4 is 0 Å². The third kappa shape index (κ3) is 22.6. The van der Waals surface area contributed by atoms with Gasteiger partial charge < -0.3 is 4.43 Å². The number of rotatable bonds is 26. The molecule has 0 N–H and O–H groups in total. The SMILES string of the molecule is CCCCCCCCCCCCCCCCCCCCCCCCCCO[Si](C)(C)C(C)(C)C. The lowest BCUT2D eigenvalue weighted by molar-refractivity contribution is 0.277. The number of unbranched alkanes of at least 4 members (excludes halogenated alkanes) is 23. The van der Waals surface area contributed by atoms with Gasteiger partial charge in [0, 0.05) is 6.61 Å². The summed E-state index contributed by atoms with van der Waals surface area (Å²) in [5.41, 5.74) is 0. The van der Waals surface area contributed by atoms with Crippen LogP contribution in [0, 0.1) is 0 Å². The topological polar surface area (TPSA) is 9.23 Å². The van der Waals surface area contributed by atoms with E-state index < -0.39 is 8.32 Å². The van der Waals surface area contributed by atoms with E-state index in [9.17, 15) is 0 Å². The molecule has 0 fully saturated rings. The van der Waals surface area contributed by atoms with Crippen LogP contribution in [0.1, 0.15) is 182 Å². The Morgan fingerprint density at radius 2 is 0.647 bits per heavy atom. The Kier molecular flexibility index (Phi) is 23.7. The first kappa shape index (κ1) is 34.2. The lowest BCUT2D eigenvalue weighted by atomic mass is 10.0. The second kappa shape index (κ2) is 23.6. The molecule has 0 atom stereocenters. The summed E-state index contributed by atoms with van der Waals surface area (Å²) in [6.07, 6.45) is 34.8. The lowest BCUT2D eigenvalue weighted by Crippen LogP contribution is -2.40. The molecular weight excluding hydrogens is 428 g/mol. The van der Waals surface area contributed by atoms with E-state index in [4.69, 9.17) is 4.43 Å². The molecule has 34 heavy (non-hydrogen) atoms. The molecule has 0 aliphatic rings. The van der Waals surface area contributed by atoms with Gasteiger partial charge in [0.1, 0.15) is 0 Å². The van der Waals surface area contributed by atoms with Crippen molar-refractivity contribution in [2.45, 2.75) is 200 Å². The first-order chi connectivity index (χ1) is 16.3. The van der Waals surface area contributed by atoms with E-state index in [1.807, 2.05) is 0 Å². The van der Waals surface area contributed by atoms with E-state index in [2.05, 4.69) is 40.8 Å². The molecule has 0 radical (unpaired) electrons. The minimum absolute atomic E-state index is 0.347. The van der Waals surface area contributed by atoms with Crippen molar-refractivity contribution in [2.75, 3.05) is 6.61 Å². The summed E-state index contributed by atoms with van der Waals surface area (Å²) in [6, 6.07) is 0. The van der Waals surface area contributed by atoms with Gasteiger partial charge in [0.05, 0.1) is 0 Å². The summed E-state index contributed by atoms with van der Waals surface area (Å²) in [5.74, 6) is 0. The maximum Gasteiger partial charge on any atom is 0.191 e. The molecule has 0 aliphatic carbocycles. The first-order valence-electron chi connectivity index (χ1n) is 15.9. The summed E-state index contributed by atoms with van der Waals surface area (Å²) < 4.78 is 6.28. The van der Waals surface area contributed by atoms with Crippen molar-refractivity contribution in [3.63, 3.8) is 0 Å². The molecule has 0 amide bonds. The van der Waals surface area contributed by atoms with Gasteiger partial charge in [-0.3, -0.25) is 0 Å². The average Bonchev–Trinajstić information content (AvgIpc) is 2.78. The zero-order chi connectivity index (χ0) is 25.4. The van der Waals surface area contributed by atoms with Crippen LogP contribution in [0.15, 0.2) is 0 Å². The second-order valence-corrected chi connectivity index (χ2v) is 17.5. The summed E-state index contributed by atoms with van der Waals surface area (Å²) in [5, 5.41) is 0.347. The van der Waals surface area contributed by atoms with Gasteiger partial charge >= 0.3 is 0 Å². The van der Waals surface area contributed by atoms with Gasteiger partial charge in [-0.15, -0.1) is 0 Å². The summed E-state index contributed by atoms with van der Waals surface area (Å²) in [6.45, 7) is 15.0. The van der Waals surface area contributed by atoms with E-state index in [0.29, 0.717) is 5.04 Å². The smallest absolute Gasteiger partial charge is 0.191 e. The maximum atomic E-state index is 6.28. The second-order valence-electron chi connectivity index (χ2n) is 12.7. The molecule has 0 aromatic rings. The molecule has 0 unspecified atom stereocenters. The van der Waals surface area contributed by atoms with Crippen molar-refractivity contribution in [3.8, 4) is 0 Å². The van der Waals surface area contributed by atoms with Crippen LogP contribution in [0.2, 0.25) is 18.1 Å². The highest BCUT2D eigenvalue weighted by molar-refractivity contribution is 6.74. The van der Waals surface area contributed by atoms with E-state index in [1.54, 1.807) is 0 Å². The molecule has 1 nitrogen and oxygen atoms in total. The van der Waals surface area contributed by atoms with Gasteiger partial charge in [-0.25, -0.2) is 0 Å². The van der Waals surface area contributed by atoms with Crippen LogP contribution in [0.3, 0.4) is 0 Å². The maximum absolute atomic E-state index is 6.28. The molecular formula is C32H68OSi. The fraction of sp³-hybridized carbons (Fsp3) is 1.00. The fourth-order valence-corrected chi connectivity index (χ4v) is 5.70. The number of hydrogen-bond acceptors (Lipinski definition) is 1. The van der Waals surface area contributed by atoms with Gasteiger partial charge in [-0.1, -0.05) is 175 Å². The Labute approximate surface area is 219 Å². The van der Waals surface area contributed by atoms with Crippen LogP contribution in [-0.2, 0) is 4.43 Å². The summed E-state index contributed by atoms with van der Waals surface area (Å²) >= 11 is 0. The normalized spacial score (nSPS) is 12.5. The van der Waals surface area contributed by atoms with Gasteiger partial charge in [-0.05, 0) is 24.6 Å². The molecule has 0 aliphatic heterocycles. The molecule has 0 aromatic carbocycles. The minimum atomic E-state index is -1.52. The van der Waals surface area contributed by atoms with Crippen molar-refractivity contribution in [1.82, 2.24) is 0 Å². The zero-order valence-corrected chi connectivity index (χ0v) is 26.1. The Hall–Kier alpha value is 0.177. The van der Waals surface area contributed by atoms with Gasteiger partial charge in [0.15, 0.2) is 8.32 Å². The quantitative estimate of drug-likeness (QED) is 0.0854. The van der Waals surface area contributed by atoms with Crippen molar-refractivity contribution < 1.29 is 4.43 Å². The zero-order valence-electron chi connectivity index (χ0n) is 25.1. The van der Waals surface area contributed by atoms with E-state index >= 15 is 0 Å². The molecule has 0 bridgehead atoms. The molecule has 0 saturated carbocycles. The Balaban J connectivity index is 3.14. The fourth-order valence-electron chi connectivity index (χ4n) is 4.61. The summed E-state index contributed by atoms with van der Waals surface area (Å²) in [4.78, 5) is 0. The molecule has 0 rings (SSSR count). The largest absolute Gasteiger partial charge is 0.417 e. The Morgan fingerprint density at radius 1 is 0.412 bits per heavy atom. The van der Waals surface area contributed by atoms with E-state index in [1.165, 1.54) is 154 Å². The lowest BCUT2D eigenvalue weighted by Gasteiger charge is -2.36. The predicted molar refractivity (Wildman–Crippen MR) is 160 cm³/mol. The van der Waals surface area contributed by atoms with Crippen molar-refractivity contribution in [3.05, 3.63) is 0 Å². The number of hydrogen-bond donors (Lipinski definition) is 0. The standard InChI is InChI=1S/C32H68OSi/c1-7-8-9-10-11-12-13-14-15-16-17-18-19-20-21-22-23-24-25-26-27-28-29-30-31-33-34(5,6)32(2,3)4/h7-31H2,1-6H3. The highest BCUT2D eigenvalue weighted by atomic mass is 28.4. The minimum Gasteiger partial charge on any atom is -0.417 e. The van der Waals surface area contributed by atoms with Gasteiger partial charge in [-0.2, -0.15) is 0 Å². The van der Waals surface area contributed by atoms with Gasteiger partial charge in [0.2, 0.25) is 0 Å². The summed E-state index contributed by atoms with van der Waals surface area (Å²) in [7, 11) is -1.52.